The third-order valence-electron chi connectivity index (χ3n) is 4.51. The molecule has 2 aliphatic rings. The van der Waals surface area contributed by atoms with E-state index < -0.39 is 5.60 Å². The Labute approximate surface area is 98.7 Å². The van der Waals surface area contributed by atoms with Crippen molar-refractivity contribution in [3.05, 3.63) is 0 Å². The van der Waals surface area contributed by atoms with E-state index in [1.54, 1.807) is 0 Å². The van der Waals surface area contributed by atoms with Crippen molar-refractivity contribution in [2.45, 2.75) is 64.4 Å². The number of ketones is 1. The molecule has 0 spiro atoms. The van der Waals surface area contributed by atoms with Crippen molar-refractivity contribution in [3.63, 3.8) is 0 Å². The largest absolute Gasteiger partial charge is 0.367 e. The van der Waals surface area contributed by atoms with Crippen molar-refractivity contribution in [1.82, 2.24) is 0 Å². The van der Waals surface area contributed by atoms with Crippen LogP contribution in [0.4, 0.5) is 0 Å². The van der Waals surface area contributed by atoms with E-state index >= 15 is 0 Å². The number of rotatable bonds is 3. The fourth-order valence-corrected chi connectivity index (χ4v) is 3.41. The molecule has 0 aromatic rings. The molecule has 2 heteroatoms. The van der Waals surface area contributed by atoms with Gasteiger partial charge in [-0.25, -0.2) is 0 Å². The van der Waals surface area contributed by atoms with E-state index in [0.29, 0.717) is 11.7 Å². The first-order valence-corrected chi connectivity index (χ1v) is 6.85. The van der Waals surface area contributed by atoms with Crippen LogP contribution in [-0.4, -0.2) is 18.0 Å². The standard InChI is InChI=1S/C14H24O2/c1-3-11-7-4-5-8-12(11)13(15)14(2)9-6-10-16-14/h11-12H,3-10H2,1-2H3. The lowest BCUT2D eigenvalue weighted by atomic mass is 9.72. The number of hydrogen-bond donors (Lipinski definition) is 0. The van der Waals surface area contributed by atoms with Crippen LogP contribution >= 0.6 is 0 Å². The Morgan fingerprint density at radius 2 is 2.06 bits per heavy atom. The predicted octanol–water partition coefficient (Wildman–Crippen LogP) is 3.34. The molecule has 0 amide bonds. The van der Waals surface area contributed by atoms with Crippen LogP contribution < -0.4 is 0 Å². The van der Waals surface area contributed by atoms with E-state index in [0.717, 1.165) is 32.3 Å². The molecule has 0 radical (unpaired) electrons. The first kappa shape index (κ1) is 12.1. The fraction of sp³-hybridized carbons (Fsp3) is 0.929. The molecule has 1 aliphatic heterocycles. The quantitative estimate of drug-likeness (QED) is 0.735. The van der Waals surface area contributed by atoms with E-state index in [1.165, 1.54) is 19.3 Å². The maximum atomic E-state index is 12.6. The number of hydrogen-bond acceptors (Lipinski definition) is 2. The highest BCUT2D eigenvalue weighted by atomic mass is 16.5. The third kappa shape index (κ3) is 2.17. The molecular formula is C14H24O2. The lowest BCUT2D eigenvalue weighted by Crippen LogP contribution is -2.42. The first-order valence-electron chi connectivity index (χ1n) is 6.85. The fourth-order valence-electron chi connectivity index (χ4n) is 3.41. The van der Waals surface area contributed by atoms with Gasteiger partial charge in [-0.2, -0.15) is 0 Å². The third-order valence-corrected chi connectivity index (χ3v) is 4.51. The van der Waals surface area contributed by atoms with Gasteiger partial charge in [0.15, 0.2) is 5.78 Å². The molecule has 1 saturated heterocycles. The predicted molar refractivity (Wildman–Crippen MR) is 64.3 cm³/mol. The smallest absolute Gasteiger partial charge is 0.167 e. The van der Waals surface area contributed by atoms with Crippen molar-refractivity contribution >= 4 is 5.78 Å². The summed E-state index contributed by atoms with van der Waals surface area (Å²) in [6, 6.07) is 0. The highest BCUT2D eigenvalue weighted by Gasteiger charge is 2.43. The molecular weight excluding hydrogens is 200 g/mol. The van der Waals surface area contributed by atoms with Gasteiger partial charge in [0.25, 0.3) is 0 Å². The number of Topliss-reactive ketones (excluding diaryl/α,β-unsaturated/α-hetero) is 1. The minimum atomic E-state index is -0.449. The van der Waals surface area contributed by atoms with E-state index in [9.17, 15) is 4.79 Å². The zero-order chi connectivity index (χ0) is 11.6. The summed E-state index contributed by atoms with van der Waals surface area (Å²) in [6.07, 6.45) is 7.99. The summed E-state index contributed by atoms with van der Waals surface area (Å²) < 4.78 is 5.70. The maximum Gasteiger partial charge on any atom is 0.167 e. The van der Waals surface area contributed by atoms with Gasteiger partial charge in [0.2, 0.25) is 0 Å². The molecule has 16 heavy (non-hydrogen) atoms. The monoisotopic (exact) mass is 224 g/mol. The van der Waals surface area contributed by atoms with Crippen LogP contribution in [0, 0.1) is 11.8 Å². The second-order valence-corrected chi connectivity index (χ2v) is 5.61. The second-order valence-electron chi connectivity index (χ2n) is 5.61. The van der Waals surface area contributed by atoms with Crippen molar-refractivity contribution in [1.29, 1.82) is 0 Å². The van der Waals surface area contributed by atoms with Crippen LogP contribution in [0.3, 0.4) is 0 Å². The molecule has 1 heterocycles. The van der Waals surface area contributed by atoms with Gasteiger partial charge < -0.3 is 4.74 Å². The summed E-state index contributed by atoms with van der Waals surface area (Å²) >= 11 is 0. The first-order chi connectivity index (χ1) is 7.67. The Balaban J connectivity index is 2.07. The van der Waals surface area contributed by atoms with Crippen LogP contribution in [0.5, 0.6) is 0 Å². The summed E-state index contributed by atoms with van der Waals surface area (Å²) in [5.41, 5.74) is -0.449. The van der Waals surface area contributed by atoms with Crippen molar-refractivity contribution < 1.29 is 9.53 Å². The SMILES string of the molecule is CCC1CCCCC1C(=O)C1(C)CCCO1. The Morgan fingerprint density at radius 1 is 1.31 bits per heavy atom. The molecule has 1 saturated carbocycles. The lowest BCUT2D eigenvalue weighted by Gasteiger charge is -2.34. The summed E-state index contributed by atoms with van der Waals surface area (Å²) in [5.74, 6) is 1.29. The number of carbonyl (C=O) groups excluding carboxylic acids is 1. The van der Waals surface area contributed by atoms with Gasteiger partial charge >= 0.3 is 0 Å². The van der Waals surface area contributed by atoms with Gasteiger partial charge in [0, 0.05) is 12.5 Å². The average molecular weight is 224 g/mol. The molecule has 2 nitrogen and oxygen atoms in total. The maximum absolute atomic E-state index is 12.6. The molecule has 2 fully saturated rings. The van der Waals surface area contributed by atoms with Crippen LogP contribution in [0.2, 0.25) is 0 Å². The molecule has 92 valence electrons. The van der Waals surface area contributed by atoms with Crippen molar-refractivity contribution in [2.75, 3.05) is 6.61 Å². The minimum absolute atomic E-state index is 0.279. The second kappa shape index (κ2) is 4.87. The Morgan fingerprint density at radius 3 is 2.69 bits per heavy atom. The van der Waals surface area contributed by atoms with Gasteiger partial charge in [-0.15, -0.1) is 0 Å². The van der Waals surface area contributed by atoms with E-state index in [4.69, 9.17) is 4.74 Å². The Hall–Kier alpha value is -0.370. The summed E-state index contributed by atoms with van der Waals surface area (Å²) in [7, 11) is 0. The summed E-state index contributed by atoms with van der Waals surface area (Å²) in [4.78, 5) is 12.6. The molecule has 0 aromatic carbocycles. The Bertz CT molecular complexity index is 253. The highest BCUT2D eigenvalue weighted by molar-refractivity contribution is 5.89. The van der Waals surface area contributed by atoms with Gasteiger partial charge in [0.1, 0.15) is 5.60 Å². The Kier molecular flexibility index (Phi) is 3.68. The highest BCUT2D eigenvalue weighted by Crippen LogP contribution is 2.38. The molecule has 3 atom stereocenters. The van der Waals surface area contributed by atoms with E-state index in [1.807, 2.05) is 6.92 Å². The normalized spacial score (nSPS) is 39.9. The van der Waals surface area contributed by atoms with Crippen LogP contribution in [0.1, 0.15) is 58.8 Å². The topological polar surface area (TPSA) is 26.3 Å². The van der Waals surface area contributed by atoms with E-state index in [-0.39, 0.29) is 5.92 Å². The van der Waals surface area contributed by atoms with Gasteiger partial charge in [-0.1, -0.05) is 26.2 Å². The summed E-state index contributed by atoms with van der Waals surface area (Å²) in [6.45, 7) is 4.99. The number of ether oxygens (including phenoxy) is 1. The van der Waals surface area contributed by atoms with Crippen LogP contribution in [0.15, 0.2) is 0 Å². The molecule has 3 unspecified atom stereocenters. The summed E-state index contributed by atoms with van der Waals surface area (Å²) in [5, 5.41) is 0. The van der Waals surface area contributed by atoms with Gasteiger partial charge in [-0.3, -0.25) is 4.79 Å². The van der Waals surface area contributed by atoms with Crippen molar-refractivity contribution in [2.24, 2.45) is 11.8 Å². The van der Waals surface area contributed by atoms with Crippen molar-refractivity contribution in [3.8, 4) is 0 Å². The van der Waals surface area contributed by atoms with E-state index in [2.05, 4.69) is 6.92 Å². The zero-order valence-electron chi connectivity index (χ0n) is 10.6. The van der Waals surface area contributed by atoms with Crippen LogP contribution in [0.25, 0.3) is 0 Å². The average Bonchev–Trinajstić information content (AvgIpc) is 2.76. The van der Waals surface area contributed by atoms with Crippen LogP contribution in [-0.2, 0) is 9.53 Å². The molecule has 0 aromatic heterocycles. The minimum Gasteiger partial charge on any atom is -0.367 e. The molecule has 0 N–H and O–H groups in total. The zero-order valence-corrected chi connectivity index (χ0v) is 10.6. The van der Waals surface area contributed by atoms with Gasteiger partial charge in [0.05, 0.1) is 0 Å². The molecule has 2 rings (SSSR count). The lowest BCUT2D eigenvalue weighted by molar-refractivity contribution is -0.144. The number of carbonyl (C=O) groups is 1. The molecule has 1 aliphatic carbocycles. The molecule has 0 bridgehead atoms. The van der Waals surface area contributed by atoms with Gasteiger partial charge in [-0.05, 0) is 38.5 Å².